The van der Waals surface area contributed by atoms with E-state index >= 15 is 4.79 Å². The highest BCUT2D eigenvalue weighted by molar-refractivity contribution is 7.89. The van der Waals surface area contributed by atoms with E-state index in [1.54, 1.807) is 55.5 Å². The van der Waals surface area contributed by atoms with Crippen molar-refractivity contribution >= 4 is 33.7 Å². The third-order valence-corrected chi connectivity index (χ3v) is 15.0. The van der Waals surface area contributed by atoms with Crippen molar-refractivity contribution in [2.24, 2.45) is 16.7 Å². The number of rotatable bonds is 10. The van der Waals surface area contributed by atoms with Crippen molar-refractivity contribution < 1.29 is 67.0 Å². The van der Waals surface area contributed by atoms with Gasteiger partial charge in [-0.15, -0.1) is 0 Å². The van der Waals surface area contributed by atoms with E-state index in [-0.39, 0.29) is 40.2 Å². The average Bonchev–Trinajstić information content (AvgIpc) is 3.21. The minimum atomic E-state index is -4.49. The summed E-state index contributed by atoms with van der Waals surface area (Å²) in [4.78, 5) is 56.5. The van der Waals surface area contributed by atoms with Gasteiger partial charge in [-0.3, -0.25) is 14.4 Å². The molecule has 0 spiro atoms. The van der Waals surface area contributed by atoms with E-state index in [2.05, 4.69) is 4.72 Å². The number of carbonyl (C=O) groups is 4. The Hall–Kier alpha value is -4.81. The molecule has 0 aromatic heterocycles. The minimum absolute atomic E-state index is 0.0580. The maximum Gasteiger partial charge on any atom is 0.338 e. The molecule has 3 aliphatic carbocycles. The molecule has 15 nitrogen and oxygen atoms in total. The van der Waals surface area contributed by atoms with Gasteiger partial charge >= 0.3 is 17.9 Å². The van der Waals surface area contributed by atoms with Crippen molar-refractivity contribution in [3.8, 4) is 0 Å². The van der Waals surface area contributed by atoms with Gasteiger partial charge in [0.05, 0.1) is 34.5 Å². The first-order valence-corrected chi connectivity index (χ1v) is 21.5. The number of aryl methyl sites for hydroxylation is 1. The summed E-state index contributed by atoms with van der Waals surface area (Å²) in [5, 5.41) is 49.3. The molecule has 0 amide bonds. The van der Waals surface area contributed by atoms with Gasteiger partial charge in [-0.1, -0.05) is 80.1 Å². The standard InChI is InChI=1S/C45H51NO14S/c1-24-17-19-29(20-18-24)61(55,56)46-34(35(49)27-13-9-7-10-14-27)41(53)58-30-22-45(54)39(59-40(52)28-15-11-8-12-16-28)37-43(6,38(51)36(50)33(25(30)2)42(45,4)5)31(48)21-32-44(37,23-57-32)60-26(3)47/h7-20,30-32,34-37,39,46,48-50,54H,21-23H2,1-6H3/t30-,31-,32+,34-,35+,36+,37-,39-,43+,44-,45-/m0/s1. The van der Waals surface area contributed by atoms with Gasteiger partial charge in [0.1, 0.15) is 42.2 Å². The lowest BCUT2D eigenvalue weighted by Crippen LogP contribution is -2.81. The second-order valence-corrected chi connectivity index (χ2v) is 19.1. The zero-order chi connectivity index (χ0) is 44.4. The number of benzene rings is 3. The number of aliphatic hydroxyl groups excluding tert-OH is 3. The Morgan fingerprint density at radius 2 is 1.51 bits per heavy atom. The van der Waals surface area contributed by atoms with Crippen molar-refractivity contribution in [3.05, 3.63) is 113 Å². The molecule has 16 heteroatoms. The van der Waals surface area contributed by atoms with Crippen LogP contribution in [-0.2, 0) is 43.4 Å². The predicted molar refractivity (Wildman–Crippen MR) is 216 cm³/mol. The van der Waals surface area contributed by atoms with Gasteiger partial charge in [-0.2, -0.15) is 4.72 Å². The molecule has 3 fully saturated rings. The van der Waals surface area contributed by atoms with Crippen LogP contribution >= 0.6 is 0 Å². The molecule has 5 N–H and O–H groups in total. The number of carbonyl (C=O) groups excluding carboxylic acids is 4. The zero-order valence-electron chi connectivity index (χ0n) is 34.6. The van der Waals surface area contributed by atoms with Gasteiger partial charge in [-0.25, -0.2) is 13.2 Å². The van der Waals surface area contributed by atoms with Crippen LogP contribution in [0.4, 0.5) is 0 Å². The molecule has 2 bridgehead atoms. The second kappa shape index (κ2) is 15.8. The first-order valence-electron chi connectivity index (χ1n) is 20.0. The summed E-state index contributed by atoms with van der Waals surface area (Å²) >= 11 is 0. The average molecular weight is 862 g/mol. The largest absolute Gasteiger partial charge is 0.456 e. The molecule has 11 atom stereocenters. The lowest BCUT2D eigenvalue weighted by Gasteiger charge is -2.67. The normalized spacial score (nSPS) is 32.7. The molecular formula is C45H51NO14S. The molecule has 7 rings (SSSR count). The number of fused-ring (bicyclic) bond motifs is 5. The second-order valence-electron chi connectivity index (χ2n) is 17.4. The summed E-state index contributed by atoms with van der Waals surface area (Å²) in [6, 6.07) is 19.4. The Morgan fingerprint density at radius 3 is 2.08 bits per heavy atom. The van der Waals surface area contributed by atoms with Crippen LogP contribution in [0, 0.1) is 23.7 Å². The zero-order valence-corrected chi connectivity index (χ0v) is 35.4. The lowest BCUT2D eigenvalue weighted by atomic mass is 9.44. The number of esters is 3. The molecule has 4 aliphatic rings. The number of hydrogen-bond donors (Lipinski definition) is 5. The topological polar surface area (TPSA) is 232 Å². The van der Waals surface area contributed by atoms with Crippen LogP contribution in [0.1, 0.15) is 75.0 Å². The lowest BCUT2D eigenvalue weighted by molar-refractivity contribution is -0.346. The minimum Gasteiger partial charge on any atom is -0.456 e. The van der Waals surface area contributed by atoms with Crippen LogP contribution in [0.25, 0.3) is 0 Å². The third kappa shape index (κ3) is 7.21. The molecule has 0 radical (unpaired) electrons. The fourth-order valence-corrected chi connectivity index (χ4v) is 11.2. The summed E-state index contributed by atoms with van der Waals surface area (Å²) in [5.41, 5.74) is -6.91. The monoisotopic (exact) mass is 861 g/mol. The number of nitrogens with one attached hydrogen (secondary N) is 1. The molecule has 1 heterocycles. The highest BCUT2D eigenvalue weighted by Crippen LogP contribution is 2.64. The fourth-order valence-electron chi connectivity index (χ4n) is 10.0. The summed E-state index contributed by atoms with van der Waals surface area (Å²) < 4.78 is 54.1. The fraction of sp³-hybridized carbons (Fsp3) is 0.467. The highest BCUT2D eigenvalue weighted by Gasteiger charge is 2.78. The summed E-state index contributed by atoms with van der Waals surface area (Å²) in [6.45, 7) is 8.49. The van der Waals surface area contributed by atoms with Crippen LogP contribution < -0.4 is 4.72 Å². The third-order valence-electron chi connectivity index (χ3n) is 13.5. The van der Waals surface area contributed by atoms with Crippen molar-refractivity contribution in [1.29, 1.82) is 0 Å². The molecule has 2 saturated carbocycles. The molecule has 61 heavy (non-hydrogen) atoms. The van der Waals surface area contributed by atoms with Crippen molar-refractivity contribution in [2.75, 3.05) is 6.61 Å². The van der Waals surface area contributed by atoms with Crippen LogP contribution in [-0.4, -0.2) is 107 Å². The Labute approximate surface area is 353 Å². The SMILES string of the molecule is CC(=O)O[C@@]12CO[C@@H]1C[C@H](O)[C@@]1(C)C(=O)[C@H](O)C3=C(C)[C@@H](OC(=O)[C@@H](NS(=O)(=O)c4ccc(C)cc4)[C@H](O)c4ccccc4)C[C@](O)([C@@H](OC(=O)c4ccccc4)[C@H]21)C3(C)C. The molecular weight excluding hydrogens is 811 g/mol. The van der Waals surface area contributed by atoms with Gasteiger partial charge in [0.25, 0.3) is 0 Å². The Morgan fingerprint density at radius 1 is 0.902 bits per heavy atom. The number of sulfonamides is 1. The molecule has 3 aromatic carbocycles. The van der Waals surface area contributed by atoms with Gasteiger partial charge in [-0.05, 0) is 61.7 Å². The van der Waals surface area contributed by atoms with E-state index < -0.39 is 111 Å². The molecule has 326 valence electrons. The van der Waals surface area contributed by atoms with Gasteiger partial charge in [0, 0.05) is 25.2 Å². The highest BCUT2D eigenvalue weighted by atomic mass is 32.2. The van der Waals surface area contributed by atoms with E-state index in [0.29, 0.717) is 0 Å². The molecule has 3 aromatic rings. The summed E-state index contributed by atoms with van der Waals surface area (Å²) in [5.74, 6) is -5.52. The smallest absolute Gasteiger partial charge is 0.338 e. The molecule has 1 saturated heterocycles. The Bertz CT molecular complexity index is 2350. The predicted octanol–water partition coefficient (Wildman–Crippen LogP) is 3.02. The number of ether oxygens (including phenoxy) is 4. The van der Waals surface area contributed by atoms with Crippen LogP contribution in [0.3, 0.4) is 0 Å². The van der Waals surface area contributed by atoms with Gasteiger partial charge < -0.3 is 39.4 Å². The van der Waals surface area contributed by atoms with Gasteiger partial charge in [0.2, 0.25) is 10.0 Å². The van der Waals surface area contributed by atoms with Crippen LogP contribution in [0.15, 0.2) is 101 Å². The van der Waals surface area contributed by atoms with Crippen molar-refractivity contribution in [2.45, 2.75) is 113 Å². The van der Waals surface area contributed by atoms with Crippen molar-refractivity contribution in [1.82, 2.24) is 4.72 Å². The number of hydrogen-bond acceptors (Lipinski definition) is 14. The molecule has 1 aliphatic heterocycles. The van der Waals surface area contributed by atoms with Crippen molar-refractivity contribution in [3.63, 3.8) is 0 Å². The summed E-state index contributed by atoms with van der Waals surface area (Å²) in [6.07, 6.45) is -10.6. The Balaban J connectivity index is 1.38. The number of aliphatic hydroxyl groups is 4. The maximum absolute atomic E-state index is 15.0. The first kappa shape index (κ1) is 44.3. The quantitative estimate of drug-likeness (QED) is 0.112. The van der Waals surface area contributed by atoms with E-state index in [1.165, 1.54) is 64.1 Å². The number of ketones is 1. The number of Topliss-reactive ketones (excluding diaryl/α,β-unsaturated/α-hetero) is 1. The molecule has 0 unspecified atom stereocenters. The van der Waals surface area contributed by atoms with Crippen LogP contribution in [0.2, 0.25) is 0 Å². The van der Waals surface area contributed by atoms with E-state index in [1.807, 2.05) is 0 Å². The van der Waals surface area contributed by atoms with Gasteiger partial charge in [0.15, 0.2) is 11.4 Å². The van der Waals surface area contributed by atoms with E-state index in [4.69, 9.17) is 18.9 Å². The maximum atomic E-state index is 15.0. The first-order chi connectivity index (χ1) is 28.6. The summed E-state index contributed by atoms with van der Waals surface area (Å²) in [7, 11) is -4.49. The Kier molecular flexibility index (Phi) is 11.5. The van der Waals surface area contributed by atoms with E-state index in [9.17, 15) is 43.2 Å². The van der Waals surface area contributed by atoms with Crippen LogP contribution in [0.5, 0.6) is 0 Å². The van der Waals surface area contributed by atoms with E-state index in [0.717, 1.165) is 12.5 Å².